The quantitative estimate of drug-likeness (QED) is 0.319. The van der Waals surface area contributed by atoms with E-state index >= 15 is 0 Å². The van der Waals surface area contributed by atoms with Crippen LogP contribution < -0.4 is 0 Å². The van der Waals surface area contributed by atoms with Gasteiger partial charge in [0.05, 0.1) is 5.60 Å². The Bertz CT molecular complexity index is 1220. The van der Waals surface area contributed by atoms with Crippen LogP contribution in [0.25, 0.3) is 11.1 Å². The molecule has 2 saturated heterocycles. The number of aryl methyl sites for hydroxylation is 1. The number of unbranched alkanes of at least 4 members (excludes halogenated alkanes) is 3. The van der Waals surface area contributed by atoms with Crippen LogP contribution in [0.2, 0.25) is 0 Å². The van der Waals surface area contributed by atoms with E-state index in [0.717, 1.165) is 24.8 Å². The molecule has 1 N–H and O–H groups in total. The summed E-state index contributed by atoms with van der Waals surface area (Å²) >= 11 is 0. The summed E-state index contributed by atoms with van der Waals surface area (Å²) in [6.45, 7) is 2.58. The molecule has 0 radical (unpaired) electrons. The smallest absolute Gasteiger partial charge is 0.410 e. The van der Waals surface area contributed by atoms with Gasteiger partial charge in [-0.15, -0.1) is 0 Å². The molecule has 2 aliphatic heterocycles. The number of amides is 1. The molecule has 0 aromatic heterocycles. The molecule has 2 heterocycles. The minimum absolute atomic E-state index is 0.0168. The molecule has 3 aromatic rings. The Hall–Kier alpha value is -3.11. The fourth-order valence-corrected chi connectivity index (χ4v) is 7.16. The van der Waals surface area contributed by atoms with E-state index in [1.165, 1.54) is 53.5 Å². The summed E-state index contributed by atoms with van der Waals surface area (Å²) < 4.78 is 6.01. The number of nitrogens with zero attached hydrogens (tertiary/aromatic N) is 1. The Balaban J connectivity index is 1.10. The summed E-state index contributed by atoms with van der Waals surface area (Å²) in [6, 6.07) is 25.5. The van der Waals surface area contributed by atoms with Crippen molar-refractivity contribution >= 4 is 6.09 Å². The molecule has 2 fully saturated rings. The standard InChI is InChI=1S/C34H39NO3/c1-2-3-4-5-10-24-15-17-25(18-16-24)34(37)21-26-19-20-27(22-34)35(26)33(36)38-23-32-30-13-8-6-11-28(30)29-12-7-9-14-31(29)32/h6-9,11-18,26-27,32,37H,2-5,10,19-23H2,1H3. The lowest BCUT2D eigenvalue weighted by atomic mass is 9.80. The molecular weight excluding hydrogens is 470 g/mol. The Morgan fingerprint density at radius 3 is 2.08 bits per heavy atom. The third-order valence-corrected chi connectivity index (χ3v) is 9.12. The lowest BCUT2D eigenvalue weighted by Crippen LogP contribution is -2.52. The first-order valence-corrected chi connectivity index (χ1v) is 14.5. The molecule has 4 nitrogen and oxygen atoms in total. The van der Waals surface area contributed by atoms with Crippen LogP contribution in [0.1, 0.15) is 86.5 Å². The molecule has 4 heteroatoms. The van der Waals surface area contributed by atoms with Crippen molar-refractivity contribution in [3.8, 4) is 11.1 Å². The maximum Gasteiger partial charge on any atom is 0.410 e. The lowest BCUT2D eigenvalue weighted by molar-refractivity contribution is -0.0531. The first kappa shape index (κ1) is 25.2. The number of rotatable bonds is 8. The van der Waals surface area contributed by atoms with Crippen molar-refractivity contribution in [2.24, 2.45) is 0 Å². The van der Waals surface area contributed by atoms with E-state index in [1.807, 2.05) is 4.90 Å². The van der Waals surface area contributed by atoms with E-state index in [0.29, 0.717) is 19.4 Å². The van der Waals surface area contributed by atoms with Gasteiger partial charge in [-0.25, -0.2) is 4.79 Å². The number of benzene rings is 3. The average Bonchev–Trinajstić information content (AvgIpc) is 3.42. The molecule has 1 amide bonds. The zero-order valence-electron chi connectivity index (χ0n) is 22.4. The highest BCUT2D eigenvalue weighted by Crippen LogP contribution is 2.47. The number of hydrogen-bond donors (Lipinski definition) is 1. The molecular formula is C34H39NO3. The summed E-state index contributed by atoms with van der Waals surface area (Å²) in [5, 5.41) is 11.7. The van der Waals surface area contributed by atoms with Gasteiger partial charge in [0.2, 0.25) is 0 Å². The molecule has 198 valence electrons. The Labute approximate surface area is 226 Å². The maximum absolute atomic E-state index is 13.4. The average molecular weight is 510 g/mol. The minimum Gasteiger partial charge on any atom is -0.448 e. The van der Waals surface area contributed by atoms with Crippen LogP contribution in [0.4, 0.5) is 4.79 Å². The summed E-state index contributed by atoms with van der Waals surface area (Å²) in [6.07, 6.45) is 8.89. The molecule has 2 unspecified atom stereocenters. The fraction of sp³-hybridized carbons (Fsp3) is 0.441. The predicted octanol–water partition coefficient (Wildman–Crippen LogP) is 7.57. The second kappa shape index (κ2) is 10.6. The van der Waals surface area contributed by atoms with Crippen molar-refractivity contribution in [2.45, 2.75) is 88.3 Å². The van der Waals surface area contributed by atoms with Crippen LogP contribution in [-0.2, 0) is 16.8 Å². The fourth-order valence-electron chi connectivity index (χ4n) is 7.16. The minimum atomic E-state index is -0.882. The van der Waals surface area contributed by atoms with Gasteiger partial charge in [0.15, 0.2) is 0 Å². The van der Waals surface area contributed by atoms with Crippen LogP contribution in [-0.4, -0.2) is 34.8 Å². The highest BCUT2D eigenvalue weighted by atomic mass is 16.6. The number of fused-ring (bicyclic) bond motifs is 5. The van der Waals surface area contributed by atoms with Crippen LogP contribution in [0.5, 0.6) is 0 Å². The van der Waals surface area contributed by atoms with Crippen molar-refractivity contribution in [1.82, 2.24) is 4.90 Å². The molecule has 3 aliphatic rings. The Morgan fingerprint density at radius 1 is 0.868 bits per heavy atom. The summed E-state index contributed by atoms with van der Waals surface area (Å²) in [4.78, 5) is 15.3. The third-order valence-electron chi connectivity index (χ3n) is 9.12. The van der Waals surface area contributed by atoms with E-state index < -0.39 is 5.60 Å². The predicted molar refractivity (Wildman–Crippen MR) is 151 cm³/mol. The molecule has 2 atom stereocenters. The molecule has 0 spiro atoms. The monoisotopic (exact) mass is 509 g/mol. The second-order valence-electron chi connectivity index (χ2n) is 11.5. The van der Waals surface area contributed by atoms with Gasteiger partial charge in [0, 0.05) is 30.8 Å². The molecule has 0 saturated carbocycles. The summed E-state index contributed by atoms with van der Waals surface area (Å²) in [7, 11) is 0. The number of aliphatic hydroxyl groups is 1. The van der Waals surface area contributed by atoms with Crippen molar-refractivity contribution in [2.75, 3.05) is 6.61 Å². The topological polar surface area (TPSA) is 49.8 Å². The normalized spacial score (nSPS) is 23.8. The van der Waals surface area contributed by atoms with E-state index in [2.05, 4.69) is 79.7 Å². The van der Waals surface area contributed by atoms with Crippen LogP contribution in [0.15, 0.2) is 72.8 Å². The Kier molecular flexibility index (Phi) is 7.01. The molecule has 6 rings (SSSR count). The summed E-state index contributed by atoms with van der Waals surface area (Å²) in [5.41, 5.74) is 6.37. The van der Waals surface area contributed by atoms with Gasteiger partial charge in [-0.05, 0) is 59.1 Å². The number of piperidine rings is 1. The largest absolute Gasteiger partial charge is 0.448 e. The highest BCUT2D eigenvalue weighted by molar-refractivity contribution is 5.79. The second-order valence-corrected chi connectivity index (χ2v) is 11.5. The lowest BCUT2D eigenvalue weighted by Gasteiger charge is -2.43. The van der Waals surface area contributed by atoms with Gasteiger partial charge in [-0.1, -0.05) is 99.0 Å². The number of ether oxygens (including phenoxy) is 1. The van der Waals surface area contributed by atoms with Gasteiger partial charge >= 0.3 is 6.09 Å². The highest BCUT2D eigenvalue weighted by Gasteiger charge is 2.50. The van der Waals surface area contributed by atoms with Crippen LogP contribution in [0.3, 0.4) is 0 Å². The van der Waals surface area contributed by atoms with E-state index in [4.69, 9.17) is 4.74 Å². The van der Waals surface area contributed by atoms with Crippen molar-refractivity contribution in [3.63, 3.8) is 0 Å². The van der Waals surface area contributed by atoms with Gasteiger partial charge in [-0.2, -0.15) is 0 Å². The van der Waals surface area contributed by atoms with Crippen molar-refractivity contribution in [3.05, 3.63) is 95.1 Å². The SMILES string of the molecule is CCCCCCc1ccc(C2(O)CC3CCC(C2)N3C(=O)OCC2c3ccccc3-c3ccccc32)cc1. The van der Waals surface area contributed by atoms with E-state index in [-0.39, 0.29) is 24.1 Å². The number of hydrogen-bond acceptors (Lipinski definition) is 3. The van der Waals surface area contributed by atoms with E-state index in [9.17, 15) is 9.90 Å². The number of carbonyl (C=O) groups is 1. The number of carbonyl (C=O) groups excluding carboxylic acids is 1. The van der Waals surface area contributed by atoms with Crippen molar-refractivity contribution in [1.29, 1.82) is 0 Å². The Morgan fingerprint density at radius 2 is 1.47 bits per heavy atom. The summed E-state index contributed by atoms with van der Waals surface area (Å²) in [5.74, 6) is 0.0613. The van der Waals surface area contributed by atoms with Crippen LogP contribution >= 0.6 is 0 Å². The third kappa shape index (κ3) is 4.64. The van der Waals surface area contributed by atoms with E-state index in [1.54, 1.807) is 0 Å². The zero-order valence-corrected chi connectivity index (χ0v) is 22.4. The van der Waals surface area contributed by atoms with Gasteiger partial charge < -0.3 is 14.7 Å². The first-order valence-electron chi connectivity index (χ1n) is 14.5. The molecule has 3 aromatic carbocycles. The van der Waals surface area contributed by atoms with Gasteiger partial charge in [0.1, 0.15) is 6.61 Å². The zero-order chi connectivity index (χ0) is 26.1. The molecule has 1 aliphatic carbocycles. The van der Waals surface area contributed by atoms with Crippen LogP contribution in [0, 0.1) is 0 Å². The molecule has 38 heavy (non-hydrogen) atoms. The van der Waals surface area contributed by atoms with Gasteiger partial charge in [0.25, 0.3) is 0 Å². The maximum atomic E-state index is 13.4. The van der Waals surface area contributed by atoms with Crippen molar-refractivity contribution < 1.29 is 14.6 Å². The van der Waals surface area contributed by atoms with Gasteiger partial charge in [-0.3, -0.25) is 0 Å². The molecule has 2 bridgehead atoms. The first-order chi connectivity index (χ1) is 18.6.